The van der Waals surface area contributed by atoms with E-state index < -0.39 is 17.0 Å². The molecule has 6 nitrogen and oxygen atoms in total. The Hall–Kier alpha value is -1.80. The van der Waals surface area contributed by atoms with Gasteiger partial charge in [-0.15, -0.1) is 0 Å². The first kappa shape index (κ1) is 27.2. The predicted molar refractivity (Wildman–Crippen MR) is 125 cm³/mol. The van der Waals surface area contributed by atoms with E-state index in [0.29, 0.717) is 27.8 Å². The molecule has 9 heteroatoms. The van der Waals surface area contributed by atoms with E-state index in [1.165, 1.54) is 0 Å². The molecule has 2 aromatic rings. The van der Waals surface area contributed by atoms with Crippen molar-refractivity contribution in [3.05, 3.63) is 57.1 Å². The third kappa shape index (κ3) is 9.07. The number of carbonyl (C=O) groups excluding carboxylic acids is 1. The summed E-state index contributed by atoms with van der Waals surface area (Å²) in [5.41, 5.74) is 2.52. The Kier molecular flexibility index (Phi) is 11.9. The van der Waals surface area contributed by atoms with Crippen LogP contribution in [0.1, 0.15) is 50.3 Å². The summed E-state index contributed by atoms with van der Waals surface area (Å²) in [4.78, 5) is 11.7. The fourth-order valence-electron chi connectivity index (χ4n) is 2.69. The average Bonchev–Trinajstić information content (AvgIpc) is 2.71. The van der Waals surface area contributed by atoms with Crippen LogP contribution in [0.5, 0.6) is 11.5 Å². The molecule has 0 spiro atoms. The quantitative estimate of drug-likeness (QED) is 0.493. The van der Waals surface area contributed by atoms with Crippen LogP contribution in [0.3, 0.4) is 0 Å². The Balaban J connectivity index is 0.00000233. The van der Waals surface area contributed by atoms with Gasteiger partial charge < -0.3 is 19.7 Å². The minimum absolute atomic E-state index is 0.0176. The number of hydrogen-bond acceptors (Lipinski definition) is 5. The van der Waals surface area contributed by atoms with Gasteiger partial charge >= 0.3 is 0 Å². The molecule has 2 rings (SSSR count). The summed E-state index contributed by atoms with van der Waals surface area (Å²) >= 11 is 10.5. The molecule has 0 saturated heterocycles. The minimum Gasteiger partial charge on any atom is -0.772 e. The summed E-state index contributed by atoms with van der Waals surface area (Å²) in [6, 6.07) is 8.55. The summed E-state index contributed by atoms with van der Waals surface area (Å²) in [5.74, 6) is 0.159. The lowest BCUT2D eigenvalue weighted by molar-refractivity contribution is -0.122. The highest BCUT2D eigenvalue weighted by atomic mass is 35.5. The number of hydrogen-bond donors (Lipinski definition) is 2. The fourth-order valence-corrected chi connectivity index (χ4v) is 3.56. The molecule has 2 aromatic carbocycles. The van der Waals surface area contributed by atoms with Crippen molar-refractivity contribution in [2.45, 2.75) is 40.0 Å². The number of carbonyl (C=O) groups is 1. The first-order valence-corrected chi connectivity index (χ1v) is 11.9. The van der Waals surface area contributed by atoms with Crippen LogP contribution in [0.15, 0.2) is 30.3 Å². The van der Waals surface area contributed by atoms with E-state index in [-0.39, 0.29) is 30.6 Å². The second-order valence-electron chi connectivity index (χ2n) is 6.74. The Morgan fingerprint density at radius 3 is 2.35 bits per heavy atom. The zero-order valence-corrected chi connectivity index (χ0v) is 20.4. The Morgan fingerprint density at radius 1 is 1.19 bits per heavy atom. The number of nitrogens with one attached hydrogen (secondary N) is 1. The maximum absolute atomic E-state index is 11.7. The fraction of sp³-hybridized carbons (Fsp3) is 0.409. The molecule has 0 aromatic heterocycles. The zero-order chi connectivity index (χ0) is 23.6. The second-order valence-corrected chi connectivity index (χ2v) is 8.57. The van der Waals surface area contributed by atoms with E-state index in [9.17, 15) is 18.7 Å². The zero-order valence-electron chi connectivity index (χ0n) is 18.0. The monoisotopic (exact) mass is 488 g/mol. The maximum atomic E-state index is 11.7. The van der Waals surface area contributed by atoms with Gasteiger partial charge in [0, 0.05) is 28.8 Å². The van der Waals surface area contributed by atoms with Crippen molar-refractivity contribution in [3.8, 4) is 11.5 Å². The highest BCUT2D eigenvalue weighted by Crippen LogP contribution is 2.33. The van der Waals surface area contributed by atoms with Gasteiger partial charge in [0.1, 0.15) is 11.5 Å². The van der Waals surface area contributed by atoms with Crippen molar-refractivity contribution >= 4 is 40.2 Å². The van der Waals surface area contributed by atoms with E-state index in [1.54, 1.807) is 18.2 Å². The van der Waals surface area contributed by atoms with Crippen LogP contribution in [0, 0.1) is 0 Å². The van der Waals surface area contributed by atoms with Crippen LogP contribution in [-0.2, 0) is 22.3 Å². The summed E-state index contributed by atoms with van der Waals surface area (Å²) in [7, 11) is 0. The molecular formula is C22H28Cl2NO5S-. The van der Waals surface area contributed by atoms with Crippen LogP contribution in [0.2, 0.25) is 10.0 Å². The van der Waals surface area contributed by atoms with Crippen LogP contribution in [0.25, 0.3) is 0 Å². The number of phenolic OH excluding ortho intramolecular Hbond substituents is 1. The first-order valence-electron chi connectivity index (χ1n) is 9.92. The number of halogens is 2. The average molecular weight is 489 g/mol. The number of benzene rings is 2. The van der Waals surface area contributed by atoms with E-state index >= 15 is 0 Å². The number of rotatable bonds is 9. The summed E-state index contributed by atoms with van der Waals surface area (Å²) in [6.45, 7) is 7.74. The number of ether oxygens (including phenoxy) is 1. The molecule has 0 saturated carbocycles. The normalized spacial score (nSPS) is 11.5. The Labute approximate surface area is 196 Å². The Bertz CT molecular complexity index is 882. The molecule has 31 heavy (non-hydrogen) atoms. The highest BCUT2D eigenvalue weighted by Gasteiger charge is 2.13. The van der Waals surface area contributed by atoms with Gasteiger partial charge in [0.2, 0.25) is 0 Å². The lowest BCUT2D eigenvalue weighted by atomic mass is 9.96. The third-order valence-corrected chi connectivity index (χ3v) is 5.38. The predicted octanol–water partition coefficient (Wildman–Crippen LogP) is 4.81. The SMILES string of the molecule is CC.CC(C)c1cc(Cc2c(Cl)cc(OCC(=O)NCCS(=O)[O-])cc2Cl)ccc1O. The van der Waals surface area contributed by atoms with Crippen molar-refractivity contribution in [1.82, 2.24) is 5.32 Å². The molecule has 0 aliphatic heterocycles. The second kappa shape index (κ2) is 13.6. The molecule has 1 atom stereocenters. The van der Waals surface area contributed by atoms with Gasteiger partial charge in [0.05, 0.1) is 0 Å². The number of phenols is 1. The molecule has 0 fully saturated rings. The molecule has 0 aliphatic rings. The molecule has 0 bridgehead atoms. The van der Waals surface area contributed by atoms with Gasteiger partial charge in [-0.2, -0.15) is 0 Å². The van der Waals surface area contributed by atoms with Gasteiger partial charge in [-0.3, -0.25) is 9.00 Å². The van der Waals surface area contributed by atoms with Crippen molar-refractivity contribution < 1.29 is 23.4 Å². The highest BCUT2D eigenvalue weighted by molar-refractivity contribution is 7.79. The van der Waals surface area contributed by atoms with Crippen LogP contribution >= 0.6 is 23.2 Å². The minimum atomic E-state index is -2.21. The van der Waals surface area contributed by atoms with Crippen molar-refractivity contribution in [2.75, 3.05) is 18.9 Å². The largest absolute Gasteiger partial charge is 0.772 e. The summed E-state index contributed by atoms with van der Waals surface area (Å²) < 4.78 is 26.3. The van der Waals surface area contributed by atoms with Gasteiger partial charge in [0.25, 0.3) is 5.91 Å². The third-order valence-electron chi connectivity index (χ3n) is 4.17. The van der Waals surface area contributed by atoms with Gasteiger partial charge in [-0.25, -0.2) is 0 Å². The first-order chi connectivity index (χ1) is 14.7. The van der Waals surface area contributed by atoms with E-state index in [4.69, 9.17) is 27.9 Å². The molecule has 0 aliphatic carbocycles. The standard InChI is InChI=1S/C20H23Cl2NO5S.C2H6/c1-12(2)15-7-13(3-4-19(15)24)8-16-17(21)9-14(10-18(16)22)28-11-20(25)23-5-6-29(26)27;1-2/h3-4,7,9-10,12,24H,5-6,8,11H2,1-2H3,(H,23,25)(H,26,27);1-2H3/p-1. The summed E-state index contributed by atoms with van der Waals surface area (Å²) in [5, 5.41) is 13.2. The van der Waals surface area contributed by atoms with Crippen molar-refractivity contribution in [1.29, 1.82) is 0 Å². The summed E-state index contributed by atoms with van der Waals surface area (Å²) in [6.07, 6.45) is 0.477. The molecule has 172 valence electrons. The topological polar surface area (TPSA) is 98.7 Å². The van der Waals surface area contributed by atoms with Gasteiger partial charge in [0.15, 0.2) is 6.61 Å². The lowest BCUT2D eigenvalue weighted by Gasteiger charge is -2.14. The van der Waals surface area contributed by atoms with Gasteiger partial charge in [-0.05, 0) is 40.8 Å². The number of amides is 1. The van der Waals surface area contributed by atoms with E-state index in [0.717, 1.165) is 11.1 Å². The molecular weight excluding hydrogens is 461 g/mol. The molecule has 0 heterocycles. The van der Waals surface area contributed by atoms with Crippen molar-refractivity contribution in [3.63, 3.8) is 0 Å². The van der Waals surface area contributed by atoms with Gasteiger partial charge in [-0.1, -0.05) is 74.1 Å². The molecule has 1 unspecified atom stereocenters. The van der Waals surface area contributed by atoms with Crippen molar-refractivity contribution in [2.24, 2.45) is 0 Å². The van der Waals surface area contributed by atoms with Crippen LogP contribution < -0.4 is 10.1 Å². The molecule has 1 amide bonds. The maximum Gasteiger partial charge on any atom is 0.257 e. The van der Waals surface area contributed by atoms with E-state index in [2.05, 4.69) is 5.32 Å². The molecule has 2 N–H and O–H groups in total. The van der Waals surface area contributed by atoms with E-state index in [1.807, 2.05) is 39.8 Å². The lowest BCUT2D eigenvalue weighted by Crippen LogP contribution is -2.31. The smallest absolute Gasteiger partial charge is 0.257 e. The number of aromatic hydroxyl groups is 1. The van der Waals surface area contributed by atoms with Crippen LogP contribution in [0.4, 0.5) is 0 Å². The molecule has 0 radical (unpaired) electrons. The Morgan fingerprint density at radius 2 is 1.81 bits per heavy atom. The van der Waals surface area contributed by atoms with Crippen LogP contribution in [-0.4, -0.2) is 38.7 Å².